The summed E-state index contributed by atoms with van der Waals surface area (Å²) in [6.07, 6.45) is 8.07. The second-order valence-electron chi connectivity index (χ2n) is 14.7. The maximum absolute atomic E-state index is 2.50. The van der Waals surface area contributed by atoms with E-state index < -0.39 is 5.41 Å². The molecule has 1 atom stereocenters. The topological polar surface area (TPSA) is 6.48 Å². The minimum absolute atomic E-state index is 0.325. The first-order valence-electron chi connectivity index (χ1n) is 18.7. The molecule has 53 heavy (non-hydrogen) atoms. The third-order valence-corrected chi connectivity index (χ3v) is 11.5. The lowest BCUT2D eigenvalue weighted by atomic mass is 9.68. The lowest BCUT2D eigenvalue weighted by Crippen LogP contribution is -2.28. The van der Waals surface area contributed by atoms with Crippen molar-refractivity contribution in [2.24, 2.45) is 0 Å². The van der Waals surface area contributed by atoms with Crippen LogP contribution in [0.2, 0.25) is 0 Å². The van der Waals surface area contributed by atoms with E-state index in [1.807, 2.05) is 0 Å². The molecule has 0 amide bonds. The van der Waals surface area contributed by atoms with E-state index in [1.54, 1.807) is 0 Å². The summed E-state index contributed by atoms with van der Waals surface area (Å²) < 4.78 is 0. The van der Waals surface area contributed by atoms with Gasteiger partial charge in [-0.05, 0) is 143 Å². The van der Waals surface area contributed by atoms with E-state index in [1.165, 1.54) is 50.1 Å². The molecule has 3 aliphatic carbocycles. The second kappa shape index (κ2) is 12.4. The first kappa shape index (κ1) is 31.4. The summed E-state index contributed by atoms with van der Waals surface area (Å²) >= 11 is 0. The van der Waals surface area contributed by atoms with Crippen LogP contribution in [0.25, 0.3) is 11.1 Å². The molecule has 3 aliphatic rings. The van der Waals surface area contributed by atoms with Crippen molar-refractivity contribution in [3.8, 4) is 11.1 Å². The highest BCUT2D eigenvalue weighted by Crippen LogP contribution is 2.66. The summed E-state index contributed by atoms with van der Waals surface area (Å²) in [5.74, 6) is 0.325. The van der Waals surface area contributed by atoms with Gasteiger partial charge in [0.25, 0.3) is 0 Å². The average Bonchev–Trinajstić information content (AvgIpc) is 3.66. The normalized spacial score (nSPS) is 15.7. The van der Waals surface area contributed by atoms with Crippen molar-refractivity contribution < 1.29 is 0 Å². The van der Waals surface area contributed by atoms with Gasteiger partial charge in [0.1, 0.15) is 0 Å². The van der Waals surface area contributed by atoms with Crippen molar-refractivity contribution in [3.63, 3.8) is 0 Å². The second-order valence-corrected chi connectivity index (χ2v) is 14.7. The first-order valence-corrected chi connectivity index (χ1v) is 18.7. The molecule has 1 unspecified atom stereocenters. The zero-order valence-electron chi connectivity index (χ0n) is 30.1. The van der Waals surface area contributed by atoms with Crippen molar-refractivity contribution in [1.82, 2.24) is 0 Å². The van der Waals surface area contributed by atoms with Gasteiger partial charge in [0.05, 0.1) is 5.41 Å². The highest BCUT2D eigenvalue weighted by molar-refractivity contribution is 5.93. The number of fused-ring (bicyclic) bond motifs is 10. The molecular formula is C51H40N2. The van der Waals surface area contributed by atoms with Gasteiger partial charge in [-0.25, -0.2) is 0 Å². The van der Waals surface area contributed by atoms with Crippen LogP contribution in [-0.2, 0) is 5.41 Å². The number of hydrogen-bond donors (Lipinski definition) is 0. The van der Waals surface area contributed by atoms with Gasteiger partial charge in [-0.2, -0.15) is 0 Å². The monoisotopic (exact) mass is 680 g/mol. The van der Waals surface area contributed by atoms with Crippen LogP contribution in [0.3, 0.4) is 0 Å². The van der Waals surface area contributed by atoms with Gasteiger partial charge in [0.15, 0.2) is 0 Å². The predicted molar refractivity (Wildman–Crippen MR) is 222 cm³/mol. The number of rotatable bonds is 6. The Morgan fingerprint density at radius 3 is 1.49 bits per heavy atom. The zero-order chi connectivity index (χ0) is 35.5. The van der Waals surface area contributed by atoms with Gasteiger partial charge >= 0.3 is 0 Å². The lowest BCUT2D eigenvalue weighted by molar-refractivity contribution is 0.708. The van der Waals surface area contributed by atoms with Crippen molar-refractivity contribution in [3.05, 3.63) is 227 Å². The van der Waals surface area contributed by atoms with E-state index in [4.69, 9.17) is 0 Å². The molecule has 0 fully saturated rings. The van der Waals surface area contributed by atoms with E-state index in [9.17, 15) is 0 Å². The number of allylic oxidation sites excluding steroid dienone is 4. The SMILES string of the molecule is Cc1cccc(N(c2ccccc2)c2ccc3c(c2)C2(C4=CC=CCC4c4ccccc42)c2cc(N(c4ccccc4)c4cccc(C)c4)ccc2-3)c1. The van der Waals surface area contributed by atoms with E-state index in [2.05, 4.69) is 212 Å². The zero-order valence-corrected chi connectivity index (χ0v) is 30.1. The third-order valence-electron chi connectivity index (χ3n) is 11.5. The summed E-state index contributed by atoms with van der Waals surface area (Å²) in [7, 11) is 0. The van der Waals surface area contributed by atoms with Crippen LogP contribution in [0.5, 0.6) is 0 Å². The average molecular weight is 681 g/mol. The Bertz CT molecular complexity index is 2440. The van der Waals surface area contributed by atoms with Crippen LogP contribution in [0, 0.1) is 13.8 Å². The van der Waals surface area contributed by atoms with Crippen LogP contribution < -0.4 is 9.80 Å². The van der Waals surface area contributed by atoms with Gasteiger partial charge < -0.3 is 9.80 Å². The van der Waals surface area contributed by atoms with Crippen molar-refractivity contribution in [2.45, 2.75) is 31.6 Å². The molecule has 0 saturated heterocycles. The molecule has 0 aliphatic heterocycles. The Kier molecular flexibility index (Phi) is 7.33. The minimum Gasteiger partial charge on any atom is -0.310 e. The number of aryl methyl sites for hydroxylation is 2. The van der Waals surface area contributed by atoms with E-state index in [0.717, 1.165) is 40.5 Å². The maximum atomic E-state index is 2.50. The van der Waals surface area contributed by atoms with Crippen LogP contribution >= 0.6 is 0 Å². The molecule has 2 nitrogen and oxygen atoms in total. The fourth-order valence-corrected chi connectivity index (χ4v) is 9.37. The molecule has 0 saturated carbocycles. The van der Waals surface area contributed by atoms with E-state index >= 15 is 0 Å². The fraction of sp³-hybridized carbons (Fsp3) is 0.0980. The highest BCUT2D eigenvalue weighted by Gasteiger charge is 2.55. The molecule has 2 heteroatoms. The molecule has 0 aromatic heterocycles. The summed E-state index contributed by atoms with van der Waals surface area (Å²) in [4.78, 5) is 4.83. The summed E-state index contributed by atoms with van der Waals surface area (Å²) in [6, 6.07) is 62.9. The van der Waals surface area contributed by atoms with Gasteiger partial charge in [-0.1, -0.05) is 115 Å². The van der Waals surface area contributed by atoms with Crippen LogP contribution in [0.4, 0.5) is 34.1 Å². The molecule has 0 bridgehead atoms. The third kappa shape index (κ3) is 4.86. The molecule has 0 radical (unpaired) electrons. The highest BCUT2D eigenvalue weighted by atomic mass is 15.1. The van der Waals surface area contributed by atoms with Crippen molar-refractivity contribution in [2.75, 3.05) is 9.80 Å². The lowest BCUT2D eigenvalue weighted by Gasteiger charge is -2.35. The fourth-order valence-electron chi connectivity index (χ4n) is 9.37. The first-order chi connectivity index (χ1) is 26.1. The molecular weight excluding hydrogens is 641 g/mol. The molecule has 7 aromatic rings. The number of hydrogen-bond acceptors (Lipinski definition) is 2. The van der Waals surface area contributed by atoms with Crippen LogP contribution in [0.1, 0.15) is 45.7 Å². The Balaban J connectivity index is 1.25. The van der Waals surface area contributed by atoms with Crippen LogP contribution in [0.15, 0.2) is 194 Å². The number of anilines is 6. The van der Waals surface area contributed by atoms with E-state index in [0.29, 0.717) is 5.92 Å². The molecule has 1 spiro atoms. The minimum atomic E-state index is -0.438. The van der Waals surface area contributed by atoms with Gasteiger partial charge in [0.2, 0.25) is 0 Å². The van der Waals surface area contributed by atoms with Gasteiger partial charge in [-0.3, -0.25) is 0 Å². The molecule has 254 valence electrons. The number of para-hydroxylation sites is 2. The Labute approximate surface area is 312 Å². The largest absolute Gasteiger partial charge is 0.310 e. The molecule has 0 N–H and O–H groups in total. The quantitative estimate of drug-likeness (QED) is 0.172. The van der Waals surface area contributed by atoms with Gasteiger partial charge in [0, 0.05) is 40.0 Å². The number of nitrogens with zero attached hydrogens (tertiary/aromatic N) is 2. The van der Waals surface area contributed by atoms with Gasteiger partial charge in [-0.15, -0.1) is 0 Å². The number of benzene rings is 7. The molecule has 0 heterocycles. The molecule has 10 rings (SSSR count). The summed E-state index contributed by atoms with van der Waals surface area (Å²) in [5, 5.41) is 0. The standard InChI is InChI=1S/C51H40N2/c1-35-15-13-21-39(31-35)52(37-17-5-3-6-18-37)41-27-29-45-46-30-28-42(53(38-19-7-4-8-20-38)40-22-14-16-36(2)32-40)34-50(46)51(49(45)33-41)47-25-11-9-23-43(47)44-24-10-12-26-48(44)51/h3-23,25-34,44H,24H2,1-2H3. The van der Waals surface area contributed by atoms with E-state index in [-0.39, 0.29) is 0 Å². The summed E-state index contributed by atoms with van der Waals surface area (Å²) in [6.45, 7) is 4.35. The summed E-state index contributed by atoms with van der Waals surface area (Å²) in [5.41, 5.74) is 18.6. The van der Waals surface area contributed by atoms with Crippen LogP contribution in [-0.4, -0.2) is 0 Å². The predicted octanol–water partition coefficient (Wildman–Crippen LogP) is 13.5. The van der Waals surface area contributed by atoms with Crippen molar-refractivity contribution >= 4 is 34.1 Å². The Morgan fingerprint density at radius 2 is 0.943 bits per heavy atom. The van der Waals surface area contributed by atoms with Crippen molar-refractivity contribution in [1.29, 1.82) is 0 Å². The molecule has 7 aromatic carbocycles. The smallest absolute Gasteiger partial charge is 0.0686 e. The Morgan fingerprint density at radius 1 is 0.453 bits per heavy atom. The maximum Gasteiger partial charge on any atom is 0.0686 e. The Hall–Kier alpha value is -6.38.